The first kappa shape index (κ1) is 22.0. The second kappa shape index (κ2) is 12.2. The van der Waals surface area contributed by atoms with E-state index in [1.54, 1.807) is 0 Å². The van der Waals surface area contributed by atoms with Crippen LogP contribution in [0.2, 0.25) is 0 Å². The minimum absolute atomic E-state index is 0.476. The maximum Gasteiger partial charge on any atom is 0.163 e. The lowest BCUT2D eigenvalue weighted by atomic mass is 10.0. The summed E-state index contributed by atoms with van der Waals surface area (Å²) >= 11 is 0. The summed E-state index contributed by atoms with van der Waals surface area (Å²) in [5.41, 5.74) is 2.37. The fourth-order valence-corrected chi connectivity index (χ4v) is 3.45. The Balaban J connectivity index is 1.39. The van der Waals surface area contributed by atoms with E-state index >= 15 is 0 Å². The molecule has 1 heterocycles. The minimum atomic E-state index is -0.522. The zero-order valence-electron chi connectivity index (χ0n) is 17.3. The van der Waals surface area contributed by atoms with E-state index in [9.17, 15) is 5.11 Å². The van der Waals surface area contributed by atoms with Gasteiger partial charge < -0.3 is 14.6 Å². The Kier molecular flexibility index (Phi) is 9.93. The second-order valence-corrected chi connectivity index (χ2v) is 8.20. The molecule has 2 rings (SSSR count). The van der Waals surface area contributed by atoms with Gasteiger partial charge in [0.25, 0.3) is 0 Å². The molecular weight excluding hydrogens is 336 g/mol. The largest absolute Gasteiger partial charge is 0.512 e. The van der Waals surface area contributed by atoms with Gasteiger partial charge in [0.15, 0.2) is 5.79 Å². The van der Waals surface area contributed by atoms with Crippen molar-refractivity contribution in [3.8, 4) is 0 Å². The van der Waals surface area contributed by atoms with Crippen molar-refractivity contribution < 1.29 is 14.6 Å². The lowest BCUT2D eigenvalue weighted by Crippen LogP contribution is -2.36. The molecule has 1 aliphatic heterocycles. The van der Waals surface area contributed by atoms with Crippen LogP contribution in [-0.2, 0) is 15.9 Å². The van der Waals surface area contributed by atoms with Gasteiger partial charge in [-0.15, -0.1) is 0 Å². The van der Waals surface area contributed by atoms with Gasteiger partial charge in [0.1, 0.15) is 0 Å². The highest BCUT2D eigenvalue weighted by atomic mass is 16.7. The Hall–Kier alpha value is -1.32. The molecule has 0 spiro atoms. The number of aliphatic hydroxyl groups excluding tert-OH is 1. The summed E-state index contributed by atoms with van der Waals surface area (Å²) < 4.78 is 11.2. The molecule has 0 amide bonds. The predicted molar refractivity (Wildman–Crippen MR) is 112 cm³/mol. The van der Waals surface area contributed by atoms with Crippen molar-refractivity contribution in [2.45, 2.75) is 90.3 Å². The smallest absolute Gasteiger partial charge is 0.163 e. The molecule has 0 saturated carbocycles. The van der Waals surface area contributed by atoms with Crippen LogP contribution in [0.1, 0.15) is 83.6 Å². The van der Waals surface area contributed by atoms with Crippen LogP contribution >= 0.6 is 0 Å². The first-order valence-electron chi connectivity index (χ1n) is 10.8. The molecule has 0 atom stereocenters. The topological polar surface area (TPSA) is 38.7 Å². The zero-order valence-corrected chi connectivity index (χ0v) is 17.3. The average Bonchev–Trinajstić information content (AvgIpc) is 2.66. The molecular formula is C24H38O3. The molecule has 0 unspecified atom stereocenters. The van der Waals surface area contributed by atoms with Crippen LogP contribution in [0.25, 0.3) is 0 Å². The number of aryl methyl sites for hydroxylation is 1. The fourth-order valence-electron chi connectivity index (χ4n) is 3.45. The van der Waals surface area contributed by atoms with E-state index in [2.05, 4.69) is 30.3 Å². The van der Waals surface area contributed by atoms with Crippen LogP contribution < -0.4 is 0 Å². The maximum atomic E-state index is 10.2. The first-order chi connectivity index (χ1) is 13.1. The van der Waals surface area contributed by atoms with Gasteiger partial charge in [-0.1, -0.05) is 75.3 Å². The van der Waals surface area contributed by atoms with E-state index in [-0.39, 0.29) is 0 Å². The Morgan fingerprint density at radius 3 is 1.93 bits per heavy atom. The lowest BCUT2D eigenvalue weighted by Gasteiger charge is -2.32. The molecule has 1 fully saturated rings. The van der Waals surface area contributed by atoms with Crippen LogP contribution in [0.5, 0.6) is 0 Å². The Labute approximate surface area is 165 Å². The Bertz CT molecular complexity index is 536. The number of hydrogen-bond acceptors (Lipinski definition) is 3. The van der Waals surface area contributed by atoms with Crippen LogP contribution in [0.4, 0.5) is 0 Å². The second-order valence-electron chi connectivity index (χ2n) is 8.20. The quantitative estimate of drug-likeness (QED) is 0.326. The summed E-state index contributed by atoms with van der Waals surface area (Å²) in [6.07, 6.45) is 13.5. The summed E-state index contributed by atoms with van der Waals surface area (Å²) in [6.45, 7) is 4.79. The standard InChI is InChI=1S/C24H38O3/c1-24(2)26-19-22(20-27-24)23(25)18-14-9-7-5-3-4-6-8-11-15-21-16-12-10-13-17-21/h10,12-13,16-17,25H,3-9,11,14-15,18-20H2,1-2H3. The van der Waals surface area contributed by atoms with Crippen molar-refractivity contribution in [1.82, 2.24) is 0 Å². The molecule has 1 aliphatic rings. The number of unbranched alkanes of at least 4 members (excludes halogenated alkanes) is 8. The van der Waals surface area contributed by atoms with Gasteiger partial charge in [0.05, 0.1) is 19.0 Å². The molecule has 0 radical (unpaired) electrons. The molecule has 3 nitrogen and oxygen atoms in total. The highest BCUT2D eigenvalue weighted by molar-refractivity contribution is 5.14. The summed E-state index contributed by atoms with van der Waals surface area (Å²) in [6, 6.07) is 10.8. The van der Waals surface area contributed by atoms with Crippen molar-refractivity contribution in [2.75, 3.05) is 13.2 Å². The molecule has 0 bridgehead atoms. The van der Waals surface area contributed by atoms with E-state index < -0.39 is 5.79 Å². The van der Waals surface area contributed by atoms with Gasteiger partial charge in [-0.05, 0) is 38.7 Å². The van der Waals surface area contributed by atoms with Crippen LogP contribution in [0.3, 0.4) is 0 Å². The molecule has 152 valence electrons. The molecule has 1 saturated heterocycles. The predicted octanol–water partition coefficient (Wildman–Crippen LogP) is 6.73. The van der Waals surface area contributed by atoms with E-state index in [1.165, 1.54) is 63.4 Å². The summed E-state index contributed by atoms with van der Waals surface area (Å²) in [5.74, 6) is -0.0466. The van der Waals surface area contributed by atoms with Gasteiger partial charge in [0.2, 0.25) is 0 Å². The SMILES string of the molecule is CC1(C)OCC(=C(O)CCCCCCCCCCCc2ccccc2)CO1. The molecule has 0 aliphatic carbocycles. The molecule has 1 aromatic rings. The number of benzene rings is 1. The third-order valence-electron chi connectivity index (χ3n) is 5.32. The molecule has 0 aromatic heterocycles. The third kappa shape index (κ3) is 9.44. The Morgan fingerprint density at radius 1 is 0.815 bits per heavy atom. The number of ether oxygens (including phenoxy) is 2. The molecule has 1 aromatic carbocycles. The van der Waals surface area contributed by atoms with Crippen molar-refractivity contribution in [1.29, 1.82) is 0 Å². The molecule has 1 N–H and O–H groups in total. The maximum absolute atomic E-state index is 10.2. The van der Waals surface area contributed by atoms with Crippen LogP contribution in [0.15, 0.2) is 41.7 Å². The van der Waals surface area contributed by atoms with E-state index in [4.69, 9.17) is 9.47 Å². The highest BCUT2D eigenvalue weighted by Crippen LogP contribution is 2.23. The van der Waals surface area contributed by atoms with Crippen LogP contribution in [0, 0.1) is 0 Å². The zero-order chi connectivity index (χ0) is 19.4. The van der Waals surface area contributed by atoms with Gasteiger partial charge in [0, 0.05) is 12.0 Å². The van der Waals surface area contributed by atoms with Crippen molar-refractivity contribution in [3.05, 3.63) is 47.2 Å². The van der Waals surface area contributed by atoms with Crippen LogP contribution in [-0.4, -0.2) is 24.1 Å². The number of rotatable bonds is 12. The summed E-state index contributed by atoms with van der Waals surface area (Å²) in [7, 11) is 0. The van der Waals surface area contributed by atoms with E-state index in [0.29, 0.717) is 19.0 Å². The average molecular weight is 375 g/mol. The Morgan fingerprint density at radius 2 is 1.33 bits per heavy atom. The summed E-state index contributed by atoms with van der Waals surface area (Å²) in [5, 5.41) is 10.2. The molecule has 3 heteroatoms. The normalized spacial score (nSPS) is 16.4. The third-order valence-corrected chi connectivity index (χ3v) is 5.32. The van der Waals surface area contributed by atoms with Gasteiger partial charge >= 0.3 is 0 Å². The molecule has 27 heavy (non-hydrogen) atoms. The number of allylic oxidation sites excluding steroid dienone is 1. The van der Waals surface area contributed by atoms with Gasteiger partial charge in [-0.2, -0.15) is 0 Å². The van der Waals surface area contributed by atoms with Crippen molar-refractivity contribution >= 4 is 0 Å². The van der Waals surface area contributed by atoms with Gasteiger partial charge in [-0.25, -0.2) is 0 Å². The van der Waals surface area contributed by atoms with E-state index in [0.717, 1.165) is 18.4 Å². The van der Waals surface area contributed by atoms with Crippen molar-refractivity contribution in [2.24, 2.45) is 0 Å². The number of aliphatic hydroxyl groups is 1. The number of hydrogen-bond donors (Lipinski definition) is 1. The highest BCUT2D eigenvalue weighted by Gasteiger charge is 2.26. The monoisotopic (exact) mass is 374 g/mol. The summed E-state index contributed by atoms with van der Waals surface area (Å²) in [4.78, 5) is 0. The first-order valence-corrected chi connectivity index (χ1v) is 10.8. The lowest BCUT2D eigenvalue weighted by molar-refractivity contribution is -0.226. The van der Waals surface area contributed by atoms with Gasteiger partial charge in [-0.3, -0.25) is 0 Å². The minimum Gasteiger partial charge on any atom is -0.512 e. The van der Waals surface area contributed by atoms with Crippen molar-refractivity contribution in [3.63, 3.8) is 0 Å². The van der Waals surface area contributed by atoms with E-state index in [1.807, 2.05) is 13.8 Å². The fraction of sp³-hybridized carbons (Fsp3) is 0.667.